The van der Waals surface area contributed by atoms with Crippen LogP contribution in [-0.4, -0.2) is 24.7 Å². The quantitative estimate of drug-likeness (QED) is 0.904. The SMILES string of the molecule is CC1(C)C[C@H](NC(=O)c2scc3c2OCCO3)c2ccccc2O1. The van der Waals surface area contributed by atoms with Crippen LogP contribution in [0.4, 0.5) is 0 Å². The fourth-order valence-electron chi connectivity index (χ4n) is 3.17. The van der Waals surface area contributed by atoms with Gasteiger partial charge in [0.05, 0.1) is 6.04 Å². The van der Waals surface area contributed by atoms with Gasteiger partial charge in [-0.15, -0.1) is 11.3 Å². The molecule has 0 fully saturated rings. The Bertz CT molecular complexity index is 783. The van der Waals surface area contributed by atoms with E-state index in [0.29, 0.717) is 36.0 Å². The highest BCUT2D eigenvalue weighted by Crippen LogP contribution is 2.42. The van der Waals surface area contributed by atoms with E-state index in [1.165, 1.54) is 11.3 Å². The maximum atomic E-state index is 12.8. The highest BCUT2D eigenvalue weighted by atomic mass is 32.1. The third kappa shape index (κ3) is 2.71. The van der Waals surface area contributed by atoms with Crippen molar-refractivity contribution in [2.75, 3.05) is 13.2 Å². The summed E-state index contributed by atoms with van der Waals surface area (Å²) in [6, 6.07) is 7.75. The molecule has 1 aromatic carbocycles. The summed E-state index contributed by atoms with van der Waals surface area (Å²) in [5, 5.41) is 4.96. The summed E-state index contributed by atoms with van der Waals surface area (Å²) >= 11 is 1.35. The van der Waals surface area contributed by atoms with E-state index in [9.17, 15) is 4.79 Å². The normalized spacial score (nSPS) is 20.7. The third-order valence-corrected chi connectivity index (χ3v) is 5.13. The Morgan fingerprint density at radius 3 is 2.88 bits per heavy atom. The zero-order valence-corrected chi connectivity index (χ0v) is 14.4. The molecule has 0 bridgehead atoms. The van der Waals surface area contributed by atoms with Gasteiger partial charge in [0.25, 0.3) is 5.91 Å². The van der Waals surface area contributed by atoms with Gasteiger partial charge in [-0.25, -0.2) is 0 Å². The molecule has 1 aromatic heterocycles. The Morgan fingerprint density at radius 1 is 1.21 bits per heavy atom. The number of fused-ring (bicyclic) bond motifs is 2. The summed E-state index contributed by atoms with van der Waals surface area (Å²) in [7, 11) is 0. The first kappa shape index (κ1) is 15.3. The number of hydrogen-bond acceptors (Lipinski definition) is 5. The van der Waals surface area contributed by atoms with Gasteiger partial charge in [-0.1, -0.05) is 18.2 Å². The van der Waals surface area contributed by atoms with Crippen LogP contribution in [0.2, 0.25) is 0 Å². The van der Waals surface area contributed by atoms with Gasteiger partial charge >= 0.3 is 0 Å². The minimum absolute atomic E-state index is 0.0975. The summed E-state index contributed by atoms with van der Waals surface area (Å²) in [5.41, 5.74) is 0.675. The maximum Gasteiger partial charge on any atom is 0.265 e. The van der Waals surface area contributed by atoms with Crippen molar-refractivity contribution in [3.63, 3.8) is 0 Å². The molecule has 5 nitrogen and oxygen atoms in total. The molecule has 6 heteroatoms. The number of amides is 1. The lowest BCUT2D eigenvalue weighted by Gasteiger charge is -2.37. The molecule has 0 saturated heterocycles. The van der Waals surface area contributed by atoms with E-state index in [-0.39, 0.29) is 17.6 Å². The molecule has 0 aliphatic carbocycles. The maximum absolute atomic E-state index is 12.8. The van der Waals surface area contributed by atoms with Gasteiger partial charge in [0.2, 0.25) is 0 Å². The van der Waals surface area contributed by atoms with Gasteiger partial charge in [-0.3, -0.25) is 4.79 Å². The van der Waals surface area contributed by atoms with Crippen LogP contribution in [0.25, 0.3) is 0 Å². The van der Waals surface area contributed by atoms with E-state index in [1.54, 1.807) is 0 Å². The number of ether oxygens (including phenoxy) is 3. The molecule has 0 spiro atoms. The molecule has 1 atom stereocenters. The molecule has 4 rings (SSSR count). The molecule has 1 N–H and O–H groups in total. The minimum Gasteiger partial charge on any atom is -0.487 e. The molecular formula is C18H19NO4S. The molecular weight excluding hydrogens is 326 g/mol. The zero-order valence-electron chi connectivity index (χ0n) is 13.6. The second kappa shape index (κ2) is 5.70. The Morgan fingerprint density at radius 2 is 2.00 bits per heavy atom. The van der Waals surface area contributed by atoms with Crippen molar-refractivity contribution in [1.29, 1.82) is 0 Å². The number of carbonyl (C=O) groups is 1. The van der Waals surface area contributed by atoms with Crippen molar-refractivity contribution in [2.24, 2.45) is 0 Å². The first-order chi connectivity index (χ1) is 11.5. The van der Waals surface area contributed by atoms with Crippen LogP contribution in [0.5, 0.6) is 17.2 Å². The standard InChI is InChI=1S/C18H19NO4S/c1-18(2)9-12(11-5-3-4-6-13(11)23-18)19-17(20)16-15-14(10-24-16)21-7-8-22-15/h3-6,10,12H,7-9H2,1-2H3,(H,19,20)/t12-/m0/s1. The number of thiophene rings is 1. The summed E-state index contributed by atoms with van der Waals surface area (Å²) in [4.78, 5) is 13.4. The Labute approximate surface area is 144 Å². The van der Waals surface area contributed by atoms with Crippen LogP contribution in [0, 0.1) is 0 Å². The number of nitrogens with one attached hydrogen (secondary N) is 1. The smallest absolute Gasteiger partial charge is 0.265 e. The number of carbonyl (C=O) groups excluding carboxylic acids is 1. The van der Waals surface area contributed by atoms with Crippen molar-refractivity contribution in [3.8, 4) is 17.2 Å². The first-order valence-corrected chi connectivity index (χ1v) is 8.87. The van der Waals surface area contributed by atoms with Gasteiger partial charge < -0.3 is 19.5 Å². The summed E-state index contributed by atoms with van der Waals surface area (Å²) in [6.07, 6.45) is 0.709. The van der Waals surface area contributed by atoms with Crippen LogP contribution >= 0.6 is 11.3 Å². The van der Waals surface area contributed by atoms with E-state index in [1.807, 2.05) is 43.5 Å². The number of benzene rings is 1. The average molecular weight is 345 g/mol. The van der Waals surface area contributed by atoms with Crippen LogP contribution < -0.4 is 19.5 Å². The van der Waals surface area contributed by atoms with Gasteiger partial charge in [-0.2, -0.15) is 0 Å². The van der Waals surface area contributed by atoms with E-state index < -0.39 is 0 Å². The van der Waals surface area contributed by atoms with Gasteiger partial charge in [0.1, 0.15) is 29.4 Å². The molecule has 126 valence electrons. The molecule has 2 aliphatic heterocycles. The molecule has 0 unspecified atom stereocenters. The number of hydrogen-bond donors (Lipinski definition) is 1. The van der Waals surface area contributed by atoms with E-state index in [2.05, 4.69) is 5.32 Å². The highest BCUT2D eigenvalue weighted by molar-refractivity contribution is 7.12. The molecule has 2 aliphatic rings. The fraction of sp³-hybridized carbons (Fsp3) is 0.389. The van der Waals surface area contributed by atoms with Crippen molar-refractivity contribution in [1.82, 2.24) is 5.32 Å². The van der Waals surface area contributed by atoms with Crippen LogP contribution in [0.3, 0.4) is 0 Å². The Kier molecular flexibility index (Phi) is 3.64. The second-order valence-electron chi connectivity index (χ2n) is 6.58. The predicted molar refractivity (Wildman–Crippen MR) is 91.3 cm³/mol. The third-order valence-electron chi connectivity index (χ3n) is 4.19. The largest absolute Gasteiger partial charge is 0.487 e. The summed E-state index contributed by atoms with van der Waals surface area (Å²) in [5.74, 6) is 1.91. The van der Waals surface area contributed by atoms with Crippen LogP contribution in [0.1, 0.15) is 41.5 Å². The molecule has 24 heavy (non-hydrogen) atoms. The van der Waals surface area contributed by atoms with E-state index in [0.717, 1.165) is 11.3 Å². The highest BCUT2D eigenvalue weighted by Gasteiger charge is 2.35. The minimum atomic E-state index is -0.333. The van der Waals surface area contributed by atoms with Gasteiger partial charge in [0.15, 0.2) is 11.5 Å². The van der Waals surface area contributed by atoms with Crippen molar-refractivity contribution < 1.29 is 19.0 Å². The topological polar surface area (TPSA) is 56.8 Å². The lowest BCUT2D eigenvalue weighted by molar-refractivity contribution is 0.0619. The van der Waals surface area contributed by atoms with Crippen molar-refractivity contribution in [2.45, 2.75) is 31.9 Å². The lowest BCUT2D eigenvalue weighted by Crippen LogP contribution is -2.41. The fourth-order valence-corrected chi connectivity index (χ4v) is 4.01. The molecule has 0 saturated carbocycles. The number of rotatable bonds is 2. The van der Waals surface area contributed by atoms with Crippen LogP contribution in [-0.2, 0) is 0 Å². The van der Waals surface area contributed by atoms with Crippen LogP contribution in [0.15, 0.2) is 29.6 Å². The monoisotopic (exact) mass is 345 g/mol. The average Bonchev–Trinajstić information content (AvgIpc) is 2.98. The van der Waals surface area contributed by atoms with Gasteiger partial charge in [0, 0.05) is 17.4 Å². The Hall–Kier alpha value is -2.21. The summed E-state index contributed by atoms with van der Waals surface area (Å²) < 4.78 is 17.2. The van der Waals surface area contributed by atoms with Crippen molar-refractivity contribution in [3.05, 3.63) is 40.1 Å². The molecule has 2 aromatic rings. The molecule has 1 amide bonds. The lowest BCUT2D eigenvalue weighted by atomic mass is 9.89. The predicted octanol–water partition coefficient (Wildman–Crippen LogP) is 3.55. The molecule has 0 radical (unpaired) electrons. The Balaban J connectivity index is 1.61. The molecule has 3 heterocycles. The summed E-state index contributed by atoms with van der Waals surface area (Å²) in [6.45, 7) is 5.06. The van der Waals surface area contributed by atoms with Crippen molar-refractivity contribution >= 4 is 17.2 Å². The number of para-hydroxylation sites is 1. The van der Waals surface area contributed by atoms with E-state index in [4.69, 9.17) is 14.2 Å². The first-order valence-electron chi connectivity index (χ1n) is 7.99. The second-order valence-corrected chi connectivity index (χ2v) is 7.46. The zero-order chi connectivity index (χ0) is 16.7. The van der Waals surface area contributed by atoms with Gasteiger partial charge in [-0.05, 0) is 19.9 Å². The van der Waals surface area contributed by atoms with E-state index >= 15 is 0 Å².